The Balaban J connectivity index is 2.11. The van der Waals surface area contributed by atoms with Gasteiger partial charge in [0.1, 0.15) is 0 Å². The molecule has 5 heteroatoms. The van der Waals surface area contributed by atoms with E-state index in [1.165, 1.54) is 7.11 Å². The van der Waals surface area contributed by atoms with Crippen molar-refractivity contribution in [3.63, 3.8) is 0 Å². The summed E-state index contributed by atoms with van der Waals surface area (Å²) >= 11 is -0.300. The molecule has 0 aliphatic heterocycles. The second-order valence-electron chi connectivity index (χ2n) is 5.96. The fourth-order valence-corrected chi connectivity index (χ4v) is 5.15. The molecule has 0 heterocycles. The van der Waals surface area contributed by atoms with Crippen LogP contribution in [0.2, 0.25) is 4.31 Å². The number of benzene rings is 2. The minimum atomic E-state index is -1.03. The molecule has 2 aromatic carbocycles. The van der Waals surface area contributed by atoms with E-state index in [-0.39, 0.29) is 15.0 Å². The summed E-state index contributed by atoms with van der Waals surface area (Å²) in [6.45, 7) is 3.92. The van der Waals surface area contributed by atoms with Crippen LogP contribution in [0.1, 0.15) is 19.4 Å². The first-order chi connectivity index (χ1) is 12.0. The molecule has 134 valence electrons. The zero-order valence-electron chi connectivity index (χ0n) is 14.7. The van der Waals surface area contributed by atoms with Crippen LogP contribution in [-0.4, -0.2) is 45.4 Å². The summed E-state index contributed by atoms with van der Waals surface area (Å²) in [5.41, 5.74) is 1.02. The van der Waals surface area contributed by atoms with E-state index in [1.807, 2.05) is 60.7 Å². The fourth-order valence-electron chi connectivity index (χ4n) is 2.50. The summed E-state index contributed by atoms with van der Waals surface area (Å²) < 4.78 is 10.8. The standard InChI is InChI=1S/C20H24O4Se/c1-15(24-14-16-10-6-4-7-11-16)18(21)20(2,19(22)23-3)25-17-12-8-5-9-13-17/h4-13,15,18,21H,14H2,1-3H3/t15-,18+,20?/m0/s1. The number of hydrogen-bond acceptors (Lipinski definition) is 4. The molecule has 0 aliphatic rings. The van der Waals surface area contributed by atoms with E-state index in [0.29, 0.717) is 6.61 Å². The van der Waals surface area contributed by atoms with E-state index in [1.54, 1.807) is 13.8 Å². The van der Waals surface area contributed by atoms with Gasteiger partial charge in [-0.15, -0.1) is 0 Å². The van der Waals surface area contributed by atoms with Gasteiger partial charge in [0.2, 0.25) is 0 Å². The first-order valence-corrected chi connectivity index (χ1v) is 9.84. The van der Waals surface area contributed by atoms with Crippen LogP contribution >= 0.6 is 0 Å². The third-order valence-electron chi connectivity index (χ3n) is 4.03. The van der Waals surface area contributed by atoms with E-state index in [4.69, 9.17) is 9.47 Å². The first-order valence-electron chi connectivity index (χ1n) is 8.13. The molecule has 0 bridgehead atoms. The van der Waals surface area contributed by atoms with Crippen molar-refractivity contribution in [3.05, 3.63) is 66.2 Å². The average Bonchev–Trinajstić information content (AvgIpc) is 2.66. The van der Waals surface area contributed by atoms with Gasteiger partial charge in [-0.3, -0.25) is 0 Å². The van der Waals surface area contributed by atoms with Crippen molar-refractivity contribution in [1.29, 1.82) is 0 Å². The normalized spacial score (nSPS) is 15.8. The summed E-state index contributed by atoms with van der Waals surface area (Å²) in [6, 6.07) is 19.5. The topological polar surface area (TPSA) is 55.8 Å². The number of aliphatic hydroxyl groups is 1. The number of rotatable bonds is 8. The van der Waals surface area contributed by atoms with Crippen LogP contribution in [0.3, 0.4) is 0 Å². The number of esters is 1. The average molecular weight is 407 g/mol. The maximum atomic E-state index is 12.4. The number of hydrogen-bond donors (Lipinski definition) is 1. The summed E-state index contributed by atoms with van der Waals surface area (Å²) in [5, 5.41) is 10.9. The molecule has 2 rings (SSSR count). The molecule has 1 unspecified atom stereocenters. The van der Waals surface area contributed by atoms with Gasteiger partial charge in [0.25, 0.3) is 0 Å². The van der Waals surface area contributed by atoms with Crippen molar-refractivity contribution in [2.24, 2.45) is 0 Å². The number of methoxy groups -OCH3 is 1. The summed E-state index contributed by atoms with van der Waals surface area (Å²) in [6.07, 6.45) is -1.47. The van der Waals surface area contributed by atoms with Gasteiger partial charge in [-0.2, -0.15) is 0 Å². The Labute approximate surface area is 155 Å². The number of aliphatic hydroxyl groups excluding tert-OH is 1. The van der Waals surface area contributed by atoms with Crippen LogP contribution in [0.4, 0.5) is 0 Å². The van der Waals surface area contributed by atoms with E-state index in [0.717, 1.165) is 10.0 Å². The predicted octanol–water partition coefficient (Wildman–Crippen LogP) is 2.33. The van der Waals surface area contributed by atoms with Crippen LogP contribution in [0.5, 0.6) is 0 Å². The Morgan fingerprint density at radius 3 is 2.24 bits per heavy atom. The molecule has 0 saturated carbocycles. The molecule has 0 aliphatic carbocycles. The Morgan fingerprint density at radius 2 is 1.68 bits per heavy atom. The van der Waals surface area contributed by atoms with Crippen molar-refractivity contribution >= 4 is 25.4 Å². The second-order valence-corrected chi connectivity index (χ2v) is 9.16. The Bertz CT molecular complexity index is 662. The zero-order valence-corrected chi connectivity index (χ0v) is 16.4. The van der Waals surface area contributed by atoms with Gasteiger partial charge in [0, 0.05) is 0 Å². The third kappa shape index (κ3) is 5.16. The van der Waals surface area contributed by atoms with Crippen LogP contribution in [0.15, 0.2) is 60.7 Å². The van der Waals surface area contributed by atoms with Gasteiger partial charge in [-0.05, 0) is 0 Å². The molecular formula is C20H24O4Se. The van der Waals surface area contributed by atoms with Crippen molar-refractivity contribution in [3.8, 4) is 0 Å². The van der Waals surface area contributed by atoms with Crippen molar-refractivity contribution in [1.82, 2.24) is 0 Å². The fraction of sp³-hybridized carbons (Fsp3) is 0.350. The van der Waals surface area contributed by atoms with Crippen LogP contribution in [-0.2, 0) is 20.9 Å². The SMILES string of the molecule is COC(=O)C(C)([Se]c1ccccc1)[C@H](O)[C@H](C)OCc1ccccc1. The molecule has 4 nitrogen and oxygen atoms in total. The molecule has 1 N–H and O–H groups in total. The molecule has 0 spiro atoms. The van der Waals surface area contributed by atoms with Crippen molar-refractivity contribution in [2.75, 3.05) is 7.11 Å². The Hall–Kier alpha value is -1.65. The molecule has 0 aromatic heterocycles. The molecule has 0 amide bonds. The van der Waals surface area contributed by atoms with Crippen molar-refractivity contribution in [2.45, 2.75) is 37.0 Å². The van der Waals surface area contributed by atoms with Crippen LogP contribution in [0, 0.1) is 0 Å². The Morgan fingerprint density at radius 1 is 1.12 bits per heavy atom. The van der Waals surface area contributed by atoms with Crippen molar-refractivity contribution < 1.29 is 19.4 Å². The van der Waals surface area contributed by atoms with Gasteiger partial charge < -0.3 is 0 Å². The zero-order chi connectivity index (χ0) is 18.3. The molecule has 25 heavy (non-hydrogen) atoms. The molecule has 2 aromatic rings. The van der Waals surface area contributed by atoms with Gasteiger partial charge in [-0.25, -0.2) is 0 Å². The minimum absolute atomic E-state index is 0.300. The molecule has 0 saturated heterocycles. The number of carbonyl (C=O) groups is 1. The van der Waals surface area contributed by atoms with Gasteiger partial charge in [0.05, 0.1) is 0 Å². The summed E-state index contributed by atoms with van der Waals surface area (Å²) in [4.78, 5) is 12.4. The quantitative estimate of drug-likeness (QED) is 0.539. The van der Waals surface area contributed by atoms with E-state index in [9.17, 15) is 9.90 Å². The van der Waals surface area contributed by atoms with E-state index >= 15 is 0 Å². The second kappa shape index (κ2) is 9.16. The van der Waals surface area contributed by atoms with Crippen LogP contribution < -0.4 is 4.46 Å². The first kappa shape index (κ1) is 19.7. The third-order valence-corrected chi connectivity index (χ3v) is 6.84. The monoisotopic (exact) mass is 408 g/mol. The molecule has 0 radical (unpaired) electrons. The van der Waals surface area contributed by atoms with Crippen LogP contribution in [0.25, 0.3) is 0 Å². The summed E-state index contributed by atoms with van der Waals surface area (Å²) in [5.74, 6) is -0.418. The van der Waals surface area contributed by atoms with Gasteiger partial charge in [-0.1, -0.05) is 0 Å². The van der Waals surface area contributed by atoms with E-state index in [2.05, 4.69) is 0 Å². The number of ether oxygens (including phenoxy) is 2. The van der Waals surface area contributed by atoms with E-state index < -0.39 is 22.5 Å². The van der Waals surface area contributed by atoms with Gasteiger partial charge >= 0.3 is 155 Å². The number of carbonyl (C=O) groups excluding carboxylic acids is 1. The maximum absolute atomic E-state index is 12.4. The predicted molar refractivity (Wildman–Crippen MR) is 98.9 cm³/mol. The molecular weight excluding hydrogens is 383 g/mol. The molecule has 3 atom stereocenters. The molecule has 0 fully saturated rings. The van der Waals surface area contributed by atoms with Gasteiger partial charge in [0.15, 0.2) is 0 Å². The Kier molecular flexibility index (Phi) is 7.21. The summed E-state index contributed by atoms with van der Waals surface area (Å²) in [7, 11) is 1.35.